The van der Waals surface area contributed by atoms with Crippen molar-refractivity contribution in [2.24, 2.45) is 4.99 Å². The van der Waals surface area contributed by atoms with Gasteiger partial charge in [0.1, 0.15) is 17.5 Å². The molecule has 1 aliphatic heterocycles. The number of aromatic nitrogens is 3. The number of carbonyl (C=O) groups excluding carboxylic acids is 2. The van der Waals surface area contributed by atoms with Crippen molar-refractivity contribution in [2.45, 2.75) is 71.9 Å². The maximum Gasteiger partial charge on any atom is 0.407 e. The zero-order valence-electron chi connectivity index (χ0n) is 23.8. The Morgan fingerprint density at radius 1 is 0.975 bits per heavy atom. The molecule has 2 aromatic carbocycles. The first-order chi connectivity index (χ1) is 19.0. The summed E-state index contributed by atoms with van der Waals surface area (Å²) in [5.41, 5.74) is 4.17. The molecular formula is C30H37ClN6O3. The molecule has 0 saturated carbocycles. The Hall–Kier alpha value is -3.72. The van der Waals surface area contributed by atoms with Gasteiger partial charge in [0.25, 0.3) is 0 Å². The van der Waals surface area contributed by atoms with E-state index in [1.54, 1.807) is 0 Å². The number of unbranched alkanes of at least 4 members (excludes halogenated alkanes) is 2. The van der Waals surface area contributed by atoms with Crippen molar-refractivity contribution in [1.29, 1.82) is 0 Å². The molecule has 212 valence electrons. The third-order valence-electron chi connectivity index (χ3n) is 6.42. The number of amides is 2. The van der Waals surface area contributed by atoms with E-state index in [1.807, 2.05) is 63.5 Å². The fraction of sp³-hybridized carbons (Fsp3) is 0.433. The number of nitrogens with one attached hydrogen (secondary N) is 2. The molecule has 0 fully saturated rings. The van der Waals surface area contributed by atoms with E-state index in [0.29, 0.717) is 23.9 Å². The minimum Gasteiger partial charge on any atom is -0.444 e. The van der Waals surface area contributed by atoms with Crippen LogP contribution >= 0.6 is 11.6 Å². The van der Waals surface area contributed by atoms with Crippen LogP contribution < -0.4 is 10.6 Å². The second-order valence-corrected chi connectivity index (χ2v) is 11.4. The lowest BCUT2D eigenvalue weighted by Gasteiger charge is -2.19. The topological polar surface area (TPSA) is 110 Å². The molecule has 3 aromatic rings. The Morgan fingerprint density at radius 3 is 2.38 bits per heavy atom. The summed E-state index contributed by atoms with van der Waals surface area (Å²) in [6.45, 7) is 10.5. The lowest BCUT2D eigenvalue weighted by Crippen LogP contribution is -2.33. The van der Waals surface area contributed by atoms with Crippen molar-refractivity contribution in [1.82, 2.24) is 25.4 Å². The van der Waals surface area contributed by atoms with Crippen molar-refractivity contribution in [3.63, 3.8) is 0 Å². The summed E-state index contributed by atoms with van der Waals surface area (Å²) in [5, 5.41) is 15.2. The minimum atomic E-state index is -0.516. The number of alkyl carbamates (subject to hydrolysis) is 1. The number of benzene rings is 2. The van der Waals surface area contributed by atoms with Crippen LogP contribution in [0.1, 0.15) is 80.8 Å². The predicted octanol–water partition coefficient (Wildman–Crippen LogP) is 5.63. The highest BCUT2D eigenvalue weighted by Gasteiger charge is 2.29. The Morgan fingerprint density at radius 2 is 1.68 bits per heavy atom. The van der Waals surface area contributed by atoms with Gasteiger partial charge in [0.15, 0.2) is 5.82 Å². The largest absolute Gasteiger partial charge is 0.444 e. The highest BCUT2D eigenvalue weighted by molar-refractivity contribution is 6.30. The predicted molar refractivity (Wildman–Crippen MR) is 156 cm³/mol. The van der Waals surface area contributed by atoms with Crippen LogP contribution in [0.3, 0.4) is 0 Å². The minimum absolute atomic E-state index is 0.106. The van der Waals surface area contributed by atoms with Crippen LogP contribution in [0.5, 0.6) is 0 Å². The quantitative estimate of drug-likeness (QED) is 0.327. The molecule has 0 unspecified atom stereocenters. The number of ether oxygens (including phenoxy) is 1. The van der Waals surface area contributed by atoms with Gasteiger partial charge >= 0.3 is 6.09 Å². The first-order valence-corrected chi connectivity index (χ1v) is 14.0. The van der Waals surface area contributed by atoms with Gasteiger partial charge < -0.3 is 15.4 Å². The molecule has 1 aliphatic rings. The van der Waals surface area contributed by atoms with Crippen molar-refractivity contribution >= 4 is 29.3 Å². The van der Waals surface area contributed by atoms with E-state index in [-0.39, 0.29) is 12.3 Å². The van der Waals surface area contributed by atoms with Crippen LogP contribution in [0, 0.1) is 13.8 Å². The molecule has 0 bridgehead atoms. The molecule has 2 amide bonds. The van der Waals surface area contributed by atoms with Gasteiger partial charge in [-0.25, -0.2) is 4.79 Å². The van der Waals surface area contributed by atoms with E-state index in [0.717, 1.165) is 53.2 Å². The fourth-order valence-corrected chi connectivity index (χ4v) is 4.72. The highest BCUT2D eigenvalue weighted by atomic mass is 35.5. The number of hydrogen-bond donors (Lipinski definition) is 2. The van der Waals surface area contributed by atoms with Gasteiger partial charge in [0.05, 0.1) is 17.8 Å². The SMILES string of the molecule is Cc1ccc2c(c1)C(c1ccc(Cl)cc1)=N[C@@H](CC(=O)NCCCCCNC(=O)OC(C)(C)C)c1nnc(C)n1-2. The molecule has 0 radical (unpaired) electrons. The zero-order valence-corrected chi connectivity index (χ0v) is 24.5. The molecule has 2 N–H and O–H groups in total. The molecule has 0 saturated heterocycles. The van der Waals surface area contributed by atoms with E-state index in [9.17, 15) is 9.59 Å². The first kappa shape index (κ1) is 29.3. The van der Waals surface area contributed by atoms with Gasteiger partial charge in [-0.15, -0.1) is 10.2 Å². The molecule has 10 heteroatoms. The summed E-state index contributed by atoms with van der Waals surface area (Å²) >= 11 is 6.17. The zero-order chi connectivity index (χ0) is 28.9. The lowest BCUT2D eigenvalue weighted by atomic mass is 9.98. The summed E-state index contributed by atoms with van der Waals surface area (Å²) in [6, 6.07) is 13.3. The second-order valence-electron chi connectivity index (χ2n) is 11.0. The Bertz CT molecular complexity index is 1390. The van der Waals surface area contributed by atoms with Gasteiger partial charge in [0, 0.05) is 29.2 Å². The Balaban J connectivity index is 1.43. The van der Waals surface area contributed by atoms with E-state index in [1.165, 1.54) is 0 Å². The van der Waals surface area contributed by atoms with E-state index < -0.39 is 17.7 Å². The smallest absolute Gasteiger partial charge is 0.407 e. The molecule has 4 rings (SSSR count). The standard InChI is InChI=1S/C30H37ClN6O3/c1-19-9-14-25-23(17-19)27(21-10-12-22(31)13-11-21)34-24(28-36-35-20(2)37(25)28)18-26(38)32-15-7-6-8-16-33-29(39)40-30(3,4)5/h9-14,17,24H,6-8,15-16,18H2,1-5H3,(H,32,38)(H,33,39)/t24-/m0/s1. The van der Waals surface area contributed by atoms with Crippen molar-refractivity contribution in [3.8, 4) is 5.69 Å². The van der Waals surface area contributed by atoms with Gasteiger partial charge in [-0.2, -0.15) is 0 Å². The van der Waals surface area contributed by atoms with Crippen molar-refractivity contribution < 1.29 is 14.3 Å². The summed E-state index contributed by atoms with van der Waals surface area (Å²) in [6.07, 6.45) is 2.18. The summed E-state index contributed by atoms with van der Waals surface area (Å²) in [5.74, 6) is 1.26. The van der Waals surface area contributed by atoms with E-state index >= 15 is 0 Å². The molecule has 1 atom stereocenters. The normalized spacial score (nSPS) is 14.4. The van der Waals surface area contributed by atoms with Crippen LogP contribution in [-0.4, -0.2) is 51.2 Å². The molecule has 40 heavy (non-hydrogen) atoms. The number of fused-ring (bicyclic) bond motifs is 3. The number of aryl methyl sites for hydroxylation is 2. The Kier molecular flexibility index (Phi) is 9.25. The molecular weight excluding hydrogens is 528 g/mol. The maximum absolute atomic E-state index is 13.0. The van der Waals surface area contributed by atoms with E-state index in [2.05, 4.69) is 39.0 Å². The molecule has 1 aromatic heterocycles. The maximum atomic E-state index is 13.0. The van der Waals surface area contributed by atoms with Crippen molar-refractivity contribution in [2.75, 3.05) is 13.1 Å². The highest BCUT2D eigenvalue weighted by Crippen LogP contribution is 2.33. The van der Waals surface area contributed by atoms with Crippen LogP contribution in [0.15, 0.2) is 47.5 Å². The van der Waals surface area contributed by atoms with Crippen LogP contribution in [0.25, 0.3) is 5.69 Å². The summed E-state index contributed by atoms with van der Waals surface area (Å²) in [7, 11) is 0. The Labute approximate surface area is 240 Å². The number of aliphatic imine (C=N–C) groups is 1. The molecule has 0 aliphatic carbocycles. The van der Waals surface area contributed by atoms with Gasteiger partial charge in [-0.1, -0.05) is 35.4 Å². The van der Waals surface area contributed by atoms with Crippen LogP contribution in [0.4, 0.5) is 4.79 Å². The monoisotopic (exact) mass is 564 g/mol. The second kappa shape index (κ2) is 12.6. The van der Waals surface area contributed by atoms with Crippen molar-refractivity contribution in [3.05, 3.63) is 75.8 Å². The third kappa shape index (κ3) is 7.47. The number of nitrogens with zero attached hydrogens (tertiary/aromatic N) is 4. The summed E-state index contributed by atoms with van der Waals surface area (Å²) < 4.78 is 7.23. The van der Waals surface area contributed by atoms with Gasteiger partial charge in [0.2, 0.25) is 5.91 Å². The number of rotatable bonds is 9. The average Bonchev–Trinajstić information content (AvgIpc) is 3.20. The fourth-order valence-electron chi connectivity index (χ4n) is 4.59. The molecule has 2 heterocycles. The first-order valence-electron chi connectivity index (χ1n) is 13.6. The average molecular weight is 565 g/mol. The number of hydrogen-bond acceptors (Lipinski definition) is 6. The van der Waals surface area contributed by atoms with Crippen LogP contribution in [-0.2, 0) is 9.53 Å². The van der Waals surface area contributed by atoms with Crippen LogP contribution in [0.2, 0.25) is 5.02 Å². The van der Waals surface area contributed by atoms with E-state index in [4.69, 9.17) is 21.3 Å². The third-order valence-corrected chi connectivity index (χ3v) is 6.67. The van der Waals surface area contributed by atoms with Gasteiger partial charge in [-0.3, -0.25) is 14.4 Å². The molecule has 9 nitrogen and oxygen atoms in total. The summed E-state index contributed by atoms with van der Waals surface area (Å²) in [4.78, 5) is 29.9. The molecule has 0 spiro atoms. The lowest BCUT2D eigenvalue weighted by molar-refractivity contribution is -0.121. The number of carbonyl (C=O) groups is 2. The number of halogens is 1. The van der Waals surface area contributed by atoms with Gasteiger partial charge in [-0.05, 0) is 78.1 Å².